The van der Waals surface area contributed by atoms with Crippen LogP contribution in [0.25, 0.3) is 0 Å². The van der Waals surface area contributed by atoms with Gasteiger partial charge in [-0.1, -0.05) is 30.7 Å². The fraction of sp³-hybridized carbons (Fsp3) is 0.600. The Balaban J connectivity index is 2.01. The van der Waals surface area contributed by atoms with Crippen LogP contribution in [0, 0.1) is 12.8 Å². The van der Waals surface area contributed by atoms with Gasteiger partial charge in [-0.15, -0.1) is 0 Å². The van der Waals surface area contributed by atoms with Gasteiger partial charge in [-0.2, -0.15) is 0 Å². The van der Waals surface area contributed by atoms with Gasteiger partial charge < -0.3 is 11.1 Å². The lowest BCUT2D eigenvalue weighted by Gasteiger charge is -2.25. The molecule has 2 heteroatoms. The minimum atomic E-state index is 0.424. The van der Waals surface area contributed by atoms with Crippen LogP contribution in [-0.2, 0) is 0 Å². The topological polar surface area (TPSA) is 38.0 Å². The van der Waals surface area contributed by atoms with E-state index in [4.69, 9.17) is 5.73 Å². The van der Waals surface area contributed by atoms with Crippen LogP contribution in [0.4, 0.5) is 0 Å². The van der Waals surface area contributed by atoms with Gasteiger partial charge in [-0.05, 0) is 50.3 Å². The number of rotatable bonds is 4. The average molecular weight is 232 g/mol. The lowest BCUT2D eigenvalue weighted by molar-refractivity contribution is 0.373. The summed E-state index contributed by atoms with van der Waals surface area (Å²) in [5.41, 5.74) is 8.61. The van der Waals surface area contributed by atoms with E-state index >= 15 is 0 Å². The summed E-state index contributed by atoms with van der Waals surface area (Å²) in [6.45, 7) is 5.26. The van der Waals surface area contributed by atoms with Crippen LogP contribution in [-0.4, -0.2) is 12.6 Å². The first-order valence-electron chi connectivity index (χ1n) is 6.74. The monoisotopic (exact) mass is 232 g/mol. The fourth-order valence-corrected chi connectivity index (χ4v) is 3.02. The van der Waals surface area contributed by atoms with Crippen molar-refractivity contribution in [1.29, 1.82) is 0 Å². The number of benzene rings is 1. The molecule has 0 spiro atoms. The molecule has 1 aliphatic carbocycles. The van der Waals surface area contributed by atoms with Crippen LogP contribution in [0.3, 0.4) is 0 Å². The molecule has 94 valence electrons. The highest BCUT2D eigenvalue weighted by Crippen LogP contribution is 2.27. The summed E-state index contributed by atoms with van der Waals surface area (Å²) in [7, 11) is 0. The molecule has 0 bridgehead atoms. The summed E-state index contributed by atoms with van der Waals surface area (Å²) >= 11 is 0. The summed E-state index contributed by atoms with van der Waals surface area (Å²) in [5.74, 6) is 0.668. The predicted octanol–water partition coefficient (Wildman–Crippen LogP) is 2.77. The Morgan fingerprint density at radius 3 is 2.82 bits per heavy atom. The van der Waals surface area contributed by atoms with Crippen molar-refractivity contribution in [2.24, 2.45) is 11.7 Å². The van der Waals surface area contributed by atoms with E-state index in [0.29, 0.717) is 18.0 Å². The second-order valence-electron chi connectivity index (χ2n) is 5.28. The molecule has 2 rings (SSSR count). The van der Waals surface area contributed by atoms with E-state index in [1.807, 2.05) is 0 Å². The second-order valence-corrected chi connectivity index (χ2v) is 5.28. The lowest BCUT2D eigenvalue weighted by atomic mass is 9.99. The van der Waals surface area contributed by atoms with E-state index in [-0.39, 0.29) is 0 Å². The van der Waals surface area contributed by atoms with Crippen LogP contribution < -0.4 is 11.1 Å². The zero-order valence-corrected chi connectivity index (χ0v) is 10.9. The van der Waals surface area contributed by atoms with E-state index in [1.54, 1.807) is 0 Å². The number of aryl methyl sites for hydroxylation is 1. The molecule has 0 aromatic heterocycles. The highest BCUT2D eigenvalue weighted by Gasteiger charge is 2.27. The maximum atomic E-state index is 5.83. The normalized spacial score (nSPS) is 26.1. The Kier molecular flexibility index (Phi) is 4.19. The minimum absolute atomic E-state index is 0.424. The van der Waals surface area contributed by atoms with Crippen molar-refractivity contribution < 1.29 is 0 Å². The molecule has 0 heterocycles. The smallest absolute Gasteiger partial charge is 0.0297 e. The summed E-state index contributed by atoms with van der Waals surface area (Å²) in [6, 6.07) is 9.66. The van der Waals surface area contributed by atoms with Gasteiger partial charge >= 0.3 is 0 Å². The first-order valence-corrected chi connectivity index (χ1v) is 6.74. The quantitative estimate of drug-likeness (QED) is 0.837. The maximum Gasteiger partial charge on any atom is 0.0297 e. The standard InChI is InChI=1S/C15H24N2/c1-11-6-3-4-8-14(11)12(2)17-15-9-5-7-13(15)10-16/h3-4,6,8,12-13,15,17H,5,7,9-10,16H2,1-2H3. The molecular weight excluding hydrogens is 208 g/mol. The van der Waals surface area contributed by atoms with Gasteiger partial charge in [0.1, 0.15) is 0 Å². The number of hydrogen-bond donors (Lipinski definition) is 2. The molecule has 0 radical (unpaired) electrons. The third kappa shape index (κ3) is 2.88. The SMILES string of the molecule is Cc1ccccc1C(C)NC1CCCC1CN. The molecular formula is C15H24N2. The molecule has 1 aromatic rings. The molecule has 1 fully saturated rings. The summed E-state index contributed by atoms with van der Waals surface area (Å²) in [4.78, 5) is 0. The van der Waals surface area contributed by atoms with E-state index in [0.717, 1.165) is 6.54 Å². The molecule has 0 aliphatic heterocycles. The number of nitrogens with two attached hydrogens (primary N) is 1. The molecule has 3 unspecified atom stereocenters. The Morgan fingerprint density at radius 2 is 2.12 bits per heavy atom. The zero-order chi connectivity index (χ0) is 12.3. The van der Waals surface area contributed by atoms with E-state index in [9.17, 15) is 0 Å². The Bertz CT molecular complexity index is 362. The van der Waals surface area contributed by atoms with Gasteiger partial charge in [0.05, 0.1) is 0 Å². The molecule has 2 nitrogen and oxygen atoms in total. The molecule has 3 atom stereocenters. The van der Waals surface area contributed by atoms with Crippen molar-refractivity contribution in [1.82, 2.24) is 5.32 Å². The fourth-order valence-electron chi connectivity index (χ4n) is 3.02. The molecule has 17 heavy (non-hydrogen) atoms. The van der Waals surface area contributed by atoms with Gasteiger partial charge in [-0.25, -0.2) is 0 Å². The first kappa shape index (κ1) is 12.6. The van der Waals surface area contributed by atoms with E-state index in [2.05, 4.69) is 43.4 Å². The molecule has 1 aromatic carbocycles. The molecule has 3 N–H and O–H groups in total. The van der Waals surface area contributed by atoms with Crippen molar-refractivity contribution >= 4 is 0 Å². The van der Waals surface area contributed by atoms with Gasteiger partial charge in [0.25, 0.3) is 0 Å². The van der Waals surface area contributed by atoms with Crippen molar-refractivity contribution in [3.05, 3.63) is 35.4 Å². The third-order valence-electron chi connectivity index (χ3n) is 4.08. The molecule has 1 saturated carbocycles. The van der Waals surface area contributed by atoms with E-state index in [1.165, 1.54) is 30.4 Å². The van der Waals surface area contributed by atoms with Crippen molar-refractivity contribution in [3.63, 3.8) is 0 Å². The highest BCUT2D eigenvalue weighted by molar-refractivity contribution is 5.28. The van der Waals surface area contributed by atoms with Crippen LogP contribution in [0.2, 0.25) is 0 Å². The van der Waals surface area contributed by atoms with Crippen LogP contribution in [0.5, 0.6) is 0 Å². The van der Waals surface area contributed by atoms with Gasteiger partial charge in [0.15, 0.2) is 0 Å². The van der Waals surface area contributed by atoms with Crippen LogP contribution >= 0.6 is 0 Å². The average Bonchev–Trinajstić information content (AvgIpc) is 2.76. The van der Waals surface area contributed by atoms with Crippen molar-refractivity contribution in [2.75, 3.05) is 6.54 Å². The Hall–Kier alpha value is -0.860. The summed E-state index contributed by atoms with van der Waals surface area (Å²) in [6.07, 6.45) is 3.88. The van der Waals surface area contributed by atoms with Gasteiger partial charge in [0.2, 0.25) is 0 Å². The molecule has 0 saturated heterocycles. The van der Waals surface area contributed by atoms with Crippen molar-refractivity contribution in [3.8, 4) is 0 Å². The predicted molar refractivity (Wildman–Crippen MR) is 72.9 cm³/mol. The van der Waals surface area contributed by atoms with Crippen LogP contribution in [0.15, 0.2) is 24.3 Å². The largest absolute Gasteiger partial charge is 0.330 e. The van der Waals surface area contributed by atoms with Gasteiger partial charge in [0, 0.05) is 12.1 Å². The number of nitrogens with one attached hydrogen (secondary N) is 1. The highest BCUT2D eigenvalue weighted by atomic mass is 15.0. The van der Waals surface area contributed by atoms with E-state index < -0.39 is 0 Å². The number of hydrogen-bond acceptors (Lipinski definition) is 2. The summed E-state index contributed by atoms with van der Waals surface area (Å²) < 4.78 is 0. The zero-order valence-electron chi connectivity index (χ0n) is 10.9. The molecule has 1 aliphatic rings. The Labute approximate surface area is 105 Å². The van der Waals surface area contributed by atoms with Crippen molar-refractivity contribution in [2.45, 2.75) is 45.2 Å². The molecule has 0 amide bonds. The van der Waals surface area contributed by atoms with Gasteiger partial charge in [-0.3, -0.25) is 0 Å². The van der Waals surface area contributed by atoms with Crippen LogP contribution in [0.1, 0.15) is 43.4 Å². The minimum Gasteiger partial charge on any atom is -0.330 e. The third-order valence-corrected chi connectivity index (χ3v) is 4.08. The first-order chi connectivity index (χ1) is 8.22. The second kappa shape index (κ2) is 5.65. The lowest BCUT2D eigenvalue weighted by Crippen LogP contribution is -2.37. The maximum absolute atomic E-state index is 5.83. The summed E-state index contributed by atoms with van der Waals surface area (Å²) in [5, 5.41) is 3.76. The Morgan fingerprint density at radius 1 is 1.35 bits per heavy atom.